The minimum Gasteiger partial charge on any atom is -0.478 e. The minimum atomic E-state index is -0.991. The number of methoxy groups -OCH3 is 1. The zero-order valence-corrected chi connectivity index (χ0v) is 11.0. The summed E-state index contributed by atoms with van der Waals surface area (Å²) in [6.07, 6.45) is 0. The quantitative estimate of drug-likeness (QED) is 0.857. The predicted octanol–water partition coefficient (Wildman–Crippen LogP) is 2.89. The van der Waals surface area contributed by atoms with Gasteiger partial charge in [0.1, 0.15) is 0 Å². The van der Waals surface area contributed by atoms with Crippen LogP contribution in [0, 0.1) is 0 Å². The number of ether oxygens (including phenoxy) is 2. The Morgan fingerprint density at radius 1 is 1.40 bits per heavy atom. The molecule has 0 aliphatic heterocycles. The number of rotatable bonds is 4. The number of aromatic carboxylic acids is 1. The highest BCUT2D eigenvalue weighted by Crippen LogP contribution is 2.34. The topological polar surface area (TPSA) is 55.8 Å². The van der Waals surface area contributed by atoms with Gasteiger partial charge in [-0.1, -0.05) is 0 Å². The highest BCUT2D eigenvalue weighted by atomic mass is 79.9. The van der Waals surface area contributed by atoms with Gasteiger partial charge in [-0.05, 0) is 44.0 Å². The van der Waals surface area contributed by atoms with E-state index < -0.39 is 5.97 Å². The molecule has 0 amide bonds. The van der Waals surface area contributed by atoms with E-state index in [4.69, 9.17) is 14.6 Å². The van der Waals surface area contributed by atoms with Crippen LogP contribution in [-0.2, 0) is 4.74 Å². The highest BCUT2D eigenvalue weighted by molar-refractivity contribution is 9.11. The molecule has 1 aromatic rings. The smallest absolute Gasteiger partial charge is 0.335 e. The Bertz CT molecular complexity index is 355. The monoisotopic (exact) mass is 338 g/mol. The third kappa shape index (κ3) is 3.19. The lowest BCUT2D eigenvalue weighted by atomic mass is 10.2. The van der Waals surface area contributed by atoms with E-state index in [1.54, 1.807) is 0 Å². The standard InChI is InChI=1S/C9H8Br2O4/c1-14-4-15-8-6(10)2-5(9(12)13)3-7(8)11/h2-3H,4H2,1H3,(H,12,13). The molecule has 6 heteroatoms. The summed E-state index contributed by atoms with van der Waals surface area (Å²) in [6, 6.07) is 2.94. The fraction of sp³-hybridized carbons (Fsp3) is 0.222. The van der Waals surface area contributed by atoms with Gasteiger partial charge >= 0.3 is 5.97 Å². The van der Waals surface area contributed by atoms with Gasteiger partial charge in [0.2, 0.25) is 0 Å². The molecule has 0 unspecified atom stereocenters. The molecule has 1 N–H and O–H groups in total. The van der Waals surface area contributed by atoms with E-state index in [2.05, 4.69) is 31.9 Å². The first kappa shape index (κ1) is 12.5. The second kappa shape index (κ2) is 5.48. The van der Waals surface area contributed by atoms with Gasteiger partial charge in [0.15, 0.2) is 12.5 Å². The second-order valence-electron chi connectivity index (χ2n) is 2.63. The van der Waals surface area contributed by atoms with Crippen molar-refractivity contribution in [3.63, 3.8) is 0 Å². The SMILES string of the molecule is COCOc1c(Br)cc(C(=O)O)cc1Br. The third-order valence-corrected chi connectivity index (χ3v) is 2.74. The van der Waals surface area contributed by atoms with Crippen molar-refractivity contribution in [2.75, 3.05) is 13.9 Å². The number of carbonyl (C=O) groups is 1. The summed E-state index contributed by atoms with van der Waals surface area (Å²) in [5, 5.41) is 8.79. The first-order valence-corrected chi connectivity index (χ1v) is 5.49. The van der Waals surface area contributed by atoms with Gasteiger partial charge in [0, 0.05) is 7.11 Å². The van der Waals surface area contributed by atoms with Gasteiger partial charge in [-0.25, -0.2) is 4.79 Å². The van der Waals surface area contributed by atoms with E-state index in [9.17, 15) is 4.79 Å². The normalized spacial score (nSPS) is 10.1. The van der Waals surface area contributed by atoms with Crippen LogP contribution in [0.5, 0.6) is 5.75 Å². The molecular formula is C9H8Br2O4. The van der Waals surface area contributed by atoms with Crippen molar-refractivity contribution < 1.29 is 19.4 Å². The maximum Gasteiger partial charge on any atom is 0.335 e. The van der Waals surface area contributed by atoms with Crippen molar-refractivity contribution in [2.24, 2.45) is 0 Å². The molecule has 0 fully saturated rings. The van der Waals surface area contributed by atoms with Crippen LogP contribution in [0.25, 0.3) is 0 Å². The summed E-state index contributed by atoms with van der Waals surface area (Å²) >= 11 is 6.45. The summed E-state index contributed by atoms with van der Waals surface area (Å²) in [5.41, 5.74) is 0.179. The van der Waals surface area contributed by atoms with Gasteiger partial charge in [-0.15, -0.1) is 0 Å². The first-order valence-electron chi connectivity index (χ1n) is 3.90. The lowest BCUT2D eigenvalue weighted by Gasteiger charge is -2.09. The van der Waals surface area contributed by atoms with Crippen molar-refractivity contribution in [1.29, 1.82) is 0 Å². The van der Waals surface area contributed by atoms with Crippen molar-refractivity contribution in [3.8, 4) is 5.75 Å². The molecule has 0 radical (unpaired) electrons. The van der Waals surface area contributed by atoms with E-state index in [1.807, 2.05) is 0 Å². The van der Waals surface area contributed by atoms with Crippen LogP contribution in [0.4, 0.5) is 0 Å². The lowest BCUT2D eigenvalue weighted by Crippen LogP contribution is -2.02. The molecule has 4 nitrogen and oxygen atoms in total. The lowest BCUT2D eigenvalue weighted by molar-refractivity contribution is 0.0500. The number of halogens is 2. The molecule has 82 valence electrons. The van der Waals surface area contributed by atoms with Gasteiger partial charge in [0.25, 0.3) is 0 Å². The Balaban J connectivity index is 3.04. The molecule has 0 saturated heterocycles. The van der Waals surface area contributed by atoms with Crippen LogP contribution >= 0.6 is 31.9 Å². The molecule has 0 aliphatic rings. The second-order valence-corrected chi connectivity index (χ2v) is 4.33. The van der Waals surface area contributed by atoms with Crippen LogP contribution in [0.15, 0.2) is 21.1 Å². The number of hydrogen-bond acceptors (Lipinski definition) is 3. The largest absolute Gasteiger partial charge is 0.478 e. The van der Waals surface area contributed by atoms with Crippen molar-refractivity contribution >= 4 is 37.8 Å². The maximum absolute atomic E-state index is 10.7. The van der Waals surface area contributed by atoms with Crippen LogP contribution in [-0.4, -0.2) is 25.0 Å². The number of benzene rings is 1. The summed E-state index contributed by atoms with van der Waals surface area (Å²) < 4.78 is 11.1. The number of carboxylic acids is 1. The van der Waals surface area contributed by atoms with Gasteiger partial charge in [-0.3, -0.25) is 0 Å². The average Bonchev–Trinajstić information content (AvgIpc) is 2.16. The average molecular weight is 340 g/mol. The Kier molecular flexibility index (Phi) is 4.56. The zero-order valence-electron chi connectivity index (χ0n) is 7.79. The van der Waals surface area contributed by atoms with E-state index in [-0.39, 0.29) is 12.4 Å². The van der Waals surface area contributed by atoms with Crippen molar-refractivity contribution in [2.45, 2.75) is 0 Å². The van der Waals surface area contributed by atoms with Crippen molar-refractivity contribution in [3.05, 3.63) is 26.6 Å². The summed E-state index contributed by atoms with van der Waals surface area (Å²) in [6.45, 7) is 0.101. The maximum atomic E-state index is 10.7. The third-order valence-electron chi connectivity index (χ3n) is 1.57. The van der Waals surface area contributed by atoms with Gasteiger partial charge in [0.05, 0.1) is 14.5 Å². The molecule has 15 heavy (non-hydrogen) atoms. The summed E-state index contributed by atoms with van der Waals surface area (Å²) in [7, 11) is 1.51. The molecule has 1 aromatic carbocycles. The predicted molar refractivity (Wildman–Crippen MR) is 61.3 cm³/mol. The first-order chi connectivity index (χ1) is 7.06. The van der Waals surface area contributed by atoms with Gasteiger partial charge < -0.3 is 14.6 Å². The Morgan fingerprint density at radius 2 is 1.93 bits per heavy atom. The number of hydrogen-bond donors (Lipinski definition) is 1. The molecule has 0 spiro atoms. The zero-order chi connectivity index (χ0) is 11.4. The van der Waals surface area contributed by atoms with Crippen LogP contribution in [0.3, 0.4) is 0 Å². The fourth-order valence-corrected chi connectivity index (χ4v) is 2.35. The van der Waals surface area contributed by atoms with E-state index in [1.165, 1.54) is 19.2 Å². The molecular weight excluding hydrogens is 332 g/mol. The van der Waals surface area contributed by atoms with Crippen LogP contribution in [0.2, 0.25) is 0 Å². The summed E-state index contributed by atoms with van der Waals surface area (Å²) in [5.74, 6) is -0.475. The van der Waals surface area contributed by atoms with E-state index in [0.29, 0.717) is 14.7 Å². The highest BCUT2D eigenvalue weighted by Gasteiger charge is 2.12. The molecule has 0 aromatic heterocycles. The molecule has 0 atom stereocenters. The molecule has 0 bridgehead atoms. The van der Waals surface area contributed by atoms with E-state index >= 15 is 0 Å². The Hall–Kier alpha value is -0.590. The molecule has 0 heterocycles. The minimum absolute atomic E-state index is 0.101. The van der Waals surface area contributed by atoms with Crippen LogP contribution < -0.4 is 4.74 Å². The molecule has 1 rings (SSSR count). The van der Waals surface area contributed by atoms with Gasteiger partial charge in [-0.2, -0.15) is 0 Å². The molecule has 0 aliphatic carbocycles. The summed E-state index contributed by atoms with van der Waals surface area (Å²) in [4.78, 5) is 10.7. The van der Waals surface area contributed by atoms with Crippen molar-refractivity contribution in [1.82, 2.24) is 0 Å². The Labute approximate surface area is 103 Å². The Morgan fingerprint density at radius 3 is 2.33 bits per heavy atom. The molecule has 0 saturated carbocycles. The van der Waals surface area contributed by atoms with Crippen LogP contribution in [0.1, 0.15) is 10.4 Å². The van der Waals surface area contributed by atoms with E-state index in [0.717, 1.165) is 0 Å². The fourth-order valence-electron chi connectivity index (χ4n) is 0.939. The number of carboxylic acid groups (broad SMARTS) is 1.